The van der Waals surface area contributed by atoms with Gasteiger partial charge in [0.25, 0.3) is 0 Å². The molecule has 0 aliphatic heterocycles. The largest absolute Gasteiger partial charge is 0.368 e. The van der Waals surface area contributed by atoms with Crippen molar-refractivity contribution < 1.29 is 9.59 Å². The first-order chi connectivity index (χ1) is 7.38. The van der Waals surface area contributed by atoms with Gasteiger partial charge in [-0.1, -0.05) is 26.7 Å². The first kappa shape index (κ1) is 13.2. The number of carbonyl (C=O) groups excluding carboxylic acids is 2. The van der Waals surface area contributed by atoms with Crippen molar-refractivity contribution >= 4 is 11.7 Å². The molecule has 1 fully saturated rings. The van der Waals surface area contributed by atoms with Crippen LogP contribution in [0.4, 0.5) is 0 Å². The second-order valence-corrected chi connectivity index (χ2v) is 5.28. The summed E-state index contributed by atoms with van der Waals surface area (Å²) in [5.41, 5.74) is 9.79. The third-order valence-electron chi connectivity index (χ3n) is 3.34. The smallest absolute Gasteiger partial charge is 0.245 e. The number of carbonyl (C=O) groups is 2. The van der Waals surface area contributed by atoms with E-state index >= 15 is 0 Å². The van der Waals surface area contributed by atoms with Crippen LogP contribution in [0.15, 0.2) is 0 Å². The van der Waals surface area contributed by atoms with Crippen LogP contribution in [0.3, 0.4) is 0 Å². The van der Waals surface area contributed by atoms with Gasteiger partial charge in [0.1, 0.15) is 0 Å². The Bertz CT molecular complexity index is 283. The van der Waals surface area contributed by atoms with Crippen molar-refractivity contribution in [2.75, 3.05) is 0 Å². The van der Waals surface area contributed by atoms with Crippen LogP contribution in [0.5, 0.6) is 0 Å². The zero-order chi connectivity index (χ0) is 12.3. The molecule has 4 heteroatoms. The number of amides is 1. The molecule has 0 spiro atoms. The highest BCUT2D eigenvalue weighted by atomic mass is 16.2. The number of hydrogen-bond donors (Lipinski definition) is 2. The Hall–Kier alpha value is -0.900. The SMILES string of the molecule is CC(C)C[C@](N)(C(N)=O)C(=O)C1CCCC1. The van der Waals surface area contributed by atoms with Crippen molar-refractivity contribution in [3.05, 3.63) is 0 Å². The Kier molecular flexibility index (Phi) is 4.08. The van der Waals surface area contributed by atoms with E-state index in [4.69, 9.17) is 11.5 Å². The second-order valence-electron chi connectivity index (χ2n) is 5.28. The summed E-state index contributed by atoms with van der Waals surface area (Å²) < 4.78 is 0. The van der Waals surface area contributed by atoms with Gasteiger partial charge in [0, 0.05) is 5.92 Å². The Morgan fingerprint density at radius 3 is 2.19 bits per heavy atom. The van der Waals surface area contributed by atoms with Crippen molar-refractivity contribution in [2.24, 2.45) is 23.3 Å². The molecule has 1 rings (SSSR count). The number of hydrogen-bond acceptors (Lipinski definition) is 3. The van der Waals surface area contributed by atoms with E-state index < -0.39 is 11.4 Å². The average molecular weight is 226 g/mol. The molecule has 1 aliphatic rings. The Balaban J connectivity index is 2.83. The molecule has 0 heterocycles. The lowest BCUT2D eigenvalue weighted by Gasteiger charge is -2.28. The van der Waals surface area contributed by atoms with E-state index in [0.29, 0.717) is 6.42 Å². The van der Waals surface area contributed by atoms with Gasteiger partial charge in [-0.3, -0.25) is 9.59 Å². The minimum atomic E-state index is -1.46. The number of primary amides is 1. The molecule has 0 radical (unpaired) electrons. The first-order valence-corrected chi connectivity index (χ1v) is 6.01. The Morgan fingerprint density at radius 1 is 1.31 bits per heavy atom. The summed E-state index contributed by atoms with van der Waals surface area (Å²) in [7, 11) is 0. The van der Waals surface area contributed by atoms with Gasteiger partial charge in [-0.15, -0.1) is 0 Å². The van der Waals surface area contributed by atoms with E-state index in [1.807, 2.05) is 13.8 Å². The van der Waals surface area contributed by atoms with E-state index in [2.05, 4.69) is 0 Å². The summed E-state index contributed by atoms with van der Waals surface area (Å²) in [6.45, 7) is 3.87. The van der Waals surface area contributed by atoms with Crippen molar-refractivity contribution in [3.63, 3.8) is 0 Å². The first-order valence-electron chi connectivity index (χ1n) is 6.01. The summed E-state index contributed by atoms with van der Waals surface area (Å²) in [5.74, 6) is -0.705. The zero-order valence-corrected chi connectivity index (χ0v) is 10.2. The van der Waals surface area contributed by atoms with Crippen LogP contribution in [0.25, 0.3) is 0 Å². The molecule has 4 N–H and O–H groups in total. The maximum atomic E-state index is 12.2. The van der Waals surface area contributed by atoms with Gasteiger partial charge in [0.15, 0.2) is 11.3 Å². The van der Waals surface area contributed by atoms with Crippen LogP contribution in [-0.4, -0.2) is 17.2 Å². The highest BCUT2D eigenvalue weighted by Crippen LogP contribution is 2.30. The van der Waals surface area contributed by atoms with Gasteiger partial charge in [-0.05, 0) is 25.2 Å². The molecule has 0 bridgehead atoms. The van der Waals surface area contributed by atoms with Crippen molar-refractivity contribution in [1.29, 1.82) is 0 Å². The number of Topliss-reactive ketones (excluding diaryl/α,β-unsaturated/α-hetero) is 1. The Morgan fingerprint density at radius 2 is 1.81 bits per heavy atom. The molecular weight excluding hydrogens is 204 g/mol. The van der Waals surface area contributed by atoms with Crippen LogP contribution in [0.2, 0.25) is 0 Å². The van der Waals surface area contributed by atoms with E-state index in [1.54, 1.807) is 0 Å². The van der Waals surface area contributed by atoms with E-state index in [-0.39, 0.29) is 17.6 Å². The van der Waals surface area contributed by atoms with Crippen molar-refractivity contribution in [1.82, 2.24) is 0 Å². The summed E-state index contributed by atoms with van der Waals surface area (Å²) in [6, 6.07) is 0. The lowest BCUT2D eigenvalue weighted by atomic mass is 9.79. The predicted octanol–water partition coefficient (Wildman–Crippen LogP) is 0.975. The maximum absolute atomic E-state index is 12.2. The second kappa shape index (κ2) is 4.95. The molecule has 16 heavy (non-hydrogen) atoms. The topological polar surface area (TPSA) is 86.2 Å². The highest BCUT2D eigenvalue weighted by Gasteiger charge is 2.44. The van der Waals surface area contributed by atoms with Gasteiger partial charge in [-0.2, -0.15) is 0 Å². The molecule has 1 saturated carbocycles. The van der Waals surface area contributed by atoms with Crippen LogP contribution in [0.1, 0.15) is 46.0 Å². The number of nitrogens with two attached hydrogens (primary N) is 2. The molecule has 0 unspecified atom stereocenters. The van der Waals surface area contributed by atoms with Crippen LogP contribution in [-0.2, 0) is 9.59 Å². The average Bonchev–Trinajstić information content (AvgIpc) is 2.67. The Labute approximate surface area is 96.8 Å². The third-order valence-corrected chi connectivity index (χ3v) is 3.34. The number of rotatable bonds is 5. The quantitative estimate of drug-likeness (QED) is 0.685. The van der Waals surface area contributed by atoms with Gasteiger partial charge in [-0.25, -0.2) is 0 Å². The summed E-state index contributed by atoms with van der Waals surface area (Å²) in [6.07, 6.45) is 4.14. The lowest BCUT2D eigenvalue weighted by Crippen LogP contribution is -2.60. The molecule has 1 atom stereocenters. The fourth-order valence-corrected chi connectivity index (χ4v) is 2.52. The summed E-state index contributed by atoms with van der Waals surface area (Å²) in [5, 5.41) is 0. The van der Waals surface area contributed by atoms with Gasteiger partial charge in [0.2, 0.25) is 5.91 Å². The van der Waals surface area contributed by atoms with E-state index in [1.165, 1.54) is 0 Å². The van der Waals surface area contributed by atoms with Crippen LogP contribution in [0, 0.1) is 11.8 Å². The van der Waals surface area contributed by atoms with Crippen LogP contribution < -0.4 is 11.5 Å². The molecule has 4 nitrogen and oxygen atoms in total. The maximum Gasteiger partial charge on any atom is 0.245 e. The lowest BCUT2D eigenvalue weighted by molar-refractivity contribution is -0.137. The van der Waals surface area contributed by atoms with Gasteiger partial charge >= 0.3 is 0 Å². The fourth-order valence-electron chi connectivity index (χ4n) is 2.52. The highest BCUT2D eigenvalue weighted by molar-refractivity contribution is 6.10. The zero-order valence-electron chi connectivity index (χ0n) is 10.2. The van der Waals surface area contributed by atoms with E-state index in [0.717, 1.165) is 25.7 Å². The predicted molar refractivity (Wildman–Crippen MR) is 62.5 cm³/mol. The number of ketones is 1. The minimum absolute atomic E-state index is 0.0590. The van der Waals surface area contributed by atoms with Crippen molar-refractivity contribution in [3.8, 4) is 0 Å². The monoisotopic (exact) mass is 226 g/mol. The molecule has 0 saturated heterocycles. The molecule has 1 amide bonds. The minimum Gasteiger partial charge on any atom is -0.368 e. The third kappa shape index (κ3) is 2.61. The fraction of sp³-hybridized carbons (Fsp3) is 0.833. The molecular formula is C12H22N2O2. The molecule has 92 valence electrons. The molecule has 1 aliphatic carbocycles. The van der Waals surface area contributed by atoms with E-state index in [9.17, 15) is 9.59 Å². The van der Waals surface area contributed by atoms with Gasteiger partial charge < -0.3 is 11.5 Å². The van der Waals surface area contributed by atoms with Gasteiger partial charge in [0.05, 0.1) is 0 Å². The van der Waals surface area contributed by atoms with Crippen molar-refractivity contribution in [2.45, 2.75) is 51.5 Å². The normalized spacial score (nSPS) is 21.0. The molecule has 0 aromatic heterocycles. The molecule has 0 aromatic carbocycles. The standard InChI is InChI=1S/C12H22N2O2/c1-8(2)7-12(14,11(13)16)10(15)9-5-3-4-6-9/h8-9H,3-7,14H2,1-2H3,(H2,13,16)/t12-/m1/s1. The summed E-state index contributed by atoms with van der Waals surface area (Å²) >= 11 is 0. The van der Waals surface area contributed by atoms with Crippen LogP contribution >= 0.6 is 0 Å². The summed E-state index contributed by atoms with van der Waals surface area (Å²) in [4.78, 5) is 23.6. The molecule has 0 aromatic rings.